The Balaban J connectivity index is 1.29. The Morgan fingerprint density at radius 3 is 1.84 bits per heavy atom. The fourth-order valence-electron chi connectivity index (χ4n) is 5.82. The van der Waals surface area contributed by atoms with Gasteiger partial charge in [0.05, 0.1) is 18.8 Å². The number of hydrogen-bond acceptors (Lipinski definition) is 2. The first kappa shape index (κ1) is 19.7. The third kappa shape index (κ3) is 5.96. The summed E-state index contributed by atoms with van der Waals surface area (Å²) in [5.74, 6) is 3.86. The molecule has 2 heteroatoms. The first-order chi connectivity index (χ1) is 12.3. The minimum Gasteiger partial charge on any atom is -0.381 e. The van der Waals surface area contributed by atoms with Gasteiger partial charge < -0.3 is 9.47 Å². The smallest absolute Gasteiger partial charge is 0.0575 e. The maximum atomic E-state index is 6.15. The predicted octanol–water partition coefficient (Wildman–Crippen LogP) is 6.37. The number of methoxy groups -OCH3 is 1. The van der Waals surface area contributed by atoms with Gasteiger partial charge in [0.25, 0.3) is 0 Å². The van der Waals surface area contributed by atoms with Gasteiger partial charge in [0.1, 0.15) is 0 Å². The standard InChI is InChI=1S/C23H42O2/c1-3-4-23-16-13-21(17-25-23)20-11-7-18(8-12-20)5-6-19-9-14-22(24-2)15-10-19/h18-23H,3-17H2,1-2H3. The Morgan fingerprint density at radius 2 is 1.32 bits per heavy atom. The fraction of sp³-hybridized carbons (Fsp3) is 1.00. The molecule has 0 aromatic heterocycles. The van der Waals surface area contributed by atoms with Crippen molar-refractivity contribution in [3.63, 3.8) is 0 Å². The molecule has 2 unspecified atom stereocenters. The van der Waals surface area contributed by atoms with Crippen molar-refractivity contribution in [3.05, 3.63) is 0 Å². The van der Waals surface area contributed by atoms with Crippen LogP contribution in [0.1, 0.15) is 96.8 Å². The van der Waals surface area contributed by atoms with Crippen molar-refractivity contribution in [1.29, 1.82) is 0 Å². The molecule has 3 rings (SSSR count). The first-order valence-electron chi connectivity index (χ1n) is 11.4. The molecule has 146 valence electrons. The summed E-state index contributed by atoms with van der Waals surface area (Å²) in [4.78, 5) is 0. The van der Waals surface area contributed by atoms with Gasteiger partial charge in [0.15, 0.2) is 0 Å². The van der Waals surface area contributed by atoms with E-state index in [0.717, 1.165) is 30.3 Å². The lowest BCUT2D eigenvalue weighted by atomic mass is 9.72. The van der Waals surface area contributed by atoms with E-state index in [4.69, 9.17) is 9.47 Å². The van der Waals surface area contributed by atoms with Crippen molar-refractivity contribution in [3.8, 4) is 0 Å². The van der Waals surface area contributed by atoms with E-state index < -0.39 is 0 Å². The largest absolute Gasteiger partial charge is 0.381 e. The van der Waals surface area contributed by atoms with E-state index in [1.165, 1.54) is 89.9 Å². The van der Waals surface area contributed by atoms with Crippen molar-refractivity contribution in [2.24, 2.45) is 23.7 Å². The summed E-state index contributed by atoms with van der Waals surface area (Å²) in [6.07, 6.45) is 20.8. The van der Waals surface area contributed by atoms with Gasteiger partial charge in [-0.2, -0.15) is 0 Å². The normalized spacial score (nSPS) is 40.1. The van der Waals surface area contributed by atoms with E-state index >= 15 is 0 Å². The Labute approximate surface area is 156 Å². The molecule has 3 fully saturated rings. The second-order valence-electron chi connectivity index (χ2n) is 9.32. The van der Waals surface area contributed by atoms with Gasteiger partial charge in [0, 0.05) is 7.11 Å². The molecule has 2 nitrogen and oxygen atoms in total. The van der Waals surface area contributed by atoms with E-state index in [1.807, 2.05) is 7.11 Å². The van der Waals surface area contributed by atoms with Crippen LogP contribution in [-0.2, 0) is 9.47 Å². The molecule has 0 aromatic carbocycles. The minimum atomic E-state index is 0.557. The van der Waals surface area contributed by atoms with Crippen molar-refractivity contribution >= 4 is 0 Å². The molecule has 0 radical (unpaired) electrons. The van der Waals surface area contributed by atoms with Crippen LogP contribution in [0.5, 0.6) is 0 Å². The van der Waals surface area contributed by atoms with Crippen LogP contribution >= 0.6 is 0 Å². The molecule has 0 bridgehead atoms. The molecule has 1 heterocycles. The van der Waals surface area contributed by atoms with Crippen LogP contribution in [0.25, 0.3) is 0 Å². The van der Waals surface area contributed by atoms with Gasteiger partial charge in [-0.05, 0) is 81.5 Å². The number of ether oxygens (including phenoxy) is 2. The summed E-state index contributed by atoms with van der Waals surface area (Å²) in [5.41, 5.74) is 0. The second-order valence-corrected chi connectivity index (χ2v) is 9.32. The van der Waals surface area contributed by atoms with Crippen molar-refractivity contribution in [1.82, 2.24) is 0 Å². The zero-order valence-corrected chi connectivity index (χ0v) is 16.9. The molecule has 1 aliphatic heterocycles. The summed E-state index contributed by atoms with van der Waals surface area (Å²) in [6, 6.07) is 0. The highest BCUT2D eigenvalue weighted by atomic mass is 16.5. The molecule has 2 aliphatic carbocycles. The van der Waals surface area contributed by atoms with Gasteiger partial charge in [-0.15, -0.1) is 0 Å². The van der Waals surface area contributed by atoms with E-state index in [9.17, 15) is 0 Å². The van der Waals surface area contributed by atoms with Crippen LogP contribution in [-0.4, -0.2) is 25.9 Å². The van der Waals surface area contributed by atoms with Crippen LogP contribution < -0.4 is 0 Å². The van der Waals surface area contributed by atoms with Gasteiger partial charge in [-0.25, -0.2) is 0 Å². The average Bonchev–Trinajstić information content (AvgIpc) is 2.68. The molecule has 1 saturated heterocycles. The summed E-state index contributed by atoms with van der Waals surface area (Å²) in [7, 11) is 1.88. The molecular formula is C23H42O2. The topological polar surface area (TPSA) is 18.5 Å². The fourth-order valence-corrected chi connectivity index (χ4v) is 5.82. The van der Waals surface area contributed by atoms with Gasteiger partial charge in [-0.3, -0.25) is 0 Å². The first-order valence-corrected chi connectivity index (χ1v) is 11.4. The molecule has 0 N–H and O–H groups in total. The van der Waals surface area contributed by atoms with Crippen LogP contribution in [0.4, 0.5) is 0 Å². The van der Waals surface area contributed by atoms with E-state index in [2.05, 4.69) is 6.92 Å². The number of rotatable bonds is 7. The summed E-state index contributed by atoms with van der Waals surface area (Å²) in [5, 5.41) is 0. The molecule has 25 heavy (non-hydrogen) atoms. The summed E-state index contributed by atoms with van der Waals surface area (Å²) >= 11 is 0. The van der Waals surface area contributed by atoms with Crippen molar-refractivity contribution < 1.29 is 9.47 Å². The van der Waals surface area contributed by atoms with E-state index in [0.29, 0.717) is 12.2 Å². The zero-order chi connectivity index (χ0) is 17.5. The van der Waals surface area contributed by atoms with Gasteiger partial charge in [0.2, 0.25) is 0 Å². The van der Waals surface area contributed by atoms with Crippen molar-refractivity contribution in [2.75, 3.05) is 13.7 Å². The maximum Gasteiger partial charge on any atom is 0.0575 e. The molecule has 0 amide bonds. The third-order valence-corrected chi connectivity index (χ3v) is 7.68. The average molecular weight is 351 g/mol. The Hall–Kier alpha value is -0.0800. The van der Waals surface area contributed by atoms with Crippen LogP contribution in [0, 0.1) is 23.7 Å². The van der Waals surface area contributed by atoms with Crippen LogP contribution in [0.15, 0.2) is 0 Å². The highest BCUT2D eigenvalue weighted by molar-refractivity contribution is 4.82. The Morgan fingerprint density at radius 1 is 0.720 bits per heavy atom. The predicted molar refractivity (Wildman–Crippen MR) is 105 cm³/mol. The summed E-state index contributed by atoms with van der Waals surface area (Å²) in [6.45, 7) is 3.34. The lowest BCUT2D eigenvalue weighted by Gasteiger charge is -2.38. The lowest BCUT2D eigenvalue weighted by Crippen LogP contribution is -2.32. The molecule has 3 aliphatic rings. The molecule has 2 saturated carbocycles. The van der Waals surface area contributed by atoms with Crippen LogP contribution in [0.3, 0.4) is 0 Å². The van der Waals surface area contributed by atoms with Crippen LogP contribution in [0.2, 0.25) is 0 Å². The Kier molecular flexibility index (Phi) is 8.11. The Bertz CT molecular complexity index is 345. The lowest BCUT2D eigenvalue weighted by molar-refractivity contribution is -0.0423. The second kappa shape index (κ2) is 10.3. The zero-order valence-electron chi connectivity index (χ0n) is 16.9. The maximum absolute atomic E-state index is 6.15. The van der Waals surface area contributed by atoms with Gasteiger partial charge >= 0.3 is 0 Å². The van der Waals surface area contributed by atoms with Gasteiger partial charge in [-0.1, -0.05) is 39.0 Å². The highest BCUT2D eigenvalue weighted by Gasteiger charge is 2.31. The number of hydrogen-bond donors (Lipinski definition) is 0. The summed E-state index contributed by atoms with van der Waals surface area (Å²) < 4.78 is 11.7. The SMILES string of the molecule is CCCC1CCC(C2CCC(CCC3CCC(OC)CC3)CC2)CO1. The van der Waals surface area contributed by atoms with E-state index in [-0.39, 0.29) is 0 Å². The highest BCUT2D eigenvalue weighted by Crippen LogP contribution is 2.40. The quantitative estimate of drug-likeness (QED) is 0.531. The molecule has 2 atom stereocenters. The van der Waals surface area contributed by atoms with Crippen molar-refractivity contribution in [2.45, 2.75) is 109 Å². The van der Waals surface area contributed by atoms with E-state index in [1.54, 1.807) is 0 Å². The molecule has 0 aromatic rings. The molecule has 0 spiro atoms. The molecular weight excluding hydrogens is 308 g/mol. The monoisotopic (exact) mass is 350 g/mol. The minimum absolute atomic E-state index is 0.557. The third-order valence-electron chi connectivity index (χ3n) is 7.68.